The second-order valence-electron chi connectivity index (χ2n) is 11.1. The Morgan fingerprint density at radius 3 is 1.56 bits per heavy atom. The van der Waals surface area contributed by atoms with Gasteiger partial charge in [-0.3, -0.25) is 9.78 Å². The fourth-order valence-electron chi connectivity index (χ4n) is 2.49. The lowest BCUT2D eigenvalue weighted by molar-refractivity contribution is 0.101. The third-order valence-corrected chi connectivity index (χ3v) is 6.41. The van der Waals surface area contributed by atoms with Gasteiger partial charge in [0.25, 0.3) is 0 Å². The van der Waals surface area contributed by atoms with Gasteiger partial charge in [-0.25, -0.2) is 0 Å². The summed E-state index contributed by atoms with van der Waals surface area (Å²) >= 11 is 0. The molecular formula is C40H74N2O. The first-order valence-corrected chi connectivity index (χ1v) is 16.6. The predicted molar refractivity (Wildman–Crippen MR) is 200 cm³/mol. The lowest BCUT2D eigenvalue weighted by Gasteiger charge is -2.05. The van der Waals surface area contributed by atoms with Crippen LogP contribution in [0.1, 0.15) is 157 Å². The number of carbonyl (C=O) groups is 1. The van der Waals surface area contributed by atoms with Crippen molar-refractivity contribution in [3.8, 4) is 0 Å². The molecule has 0 aromatic carbocycles. The number of rotatable bonds is 12. The predicted octanol–water partition coefficient (Wildman–Crippen LogP) is 13.4. The highest BCUT2D eigenvalue weighted by Gasteiger charge is 1.97. The largest absolute Gasteiger partial charge is 0.362 e. The second kappa shape index (κ2) is 39.3. The number of hydrogen-bond acceptors (Lipinski definition) is 3. The first-order chi connectivity index (χ1) is 20.2. The standard InChI is InChI=1S/C9H13N.C8H9NO.C8H18.C6H14.C5H10.C4H10/c1-5-7-10-9(4)8(3)6-2;1-6-3-4-8(5-9-6)7(2)10;1-4-6-8(3)7-5-2;1-4-6(3)5-2;1-4-5(2)3;1-3-4-2/h5-7,10H,2-4H2,1H3;3-5H,1-2H3;8H,4-7H2,1-3H3;6H,4-5H2,1-3H3;4H,1-3H3;3-4H2,1-2H3/b7-5-;;;;;. The molecule has 1 heterocycles. The maximum Gasteiger partial charge on any atom is 0.161 e. The zero-order valence-electron chi connectivity index (χ0n) is 31.3. The van der Waals surface area contributed by atoms with E-state index < -0.39 is 0 Å². The van der Waals surface area contributed by atoms with Crippen LogP contribution in [0.25, 0.3) is 0 Å². The van der Waals surface area contributed by atoms with Crippen molar-refractivity contribution in [3.63, 3.8) is 0 Å². The van der Waals surface area contributed by atoms with Crippen molar-refractivity contribution in [2.24, 2.45) is 11.8 Å². The van der Waals surface area contributed by atoms with Crippen molar-refractivity contribution >= 4 is 5.78 Å². The molecule has 3 nitrogen and oxygen atoms in total. The molecule has 0 saturated carbocycles. The number of aromatic nitrogens is 1. The topological polar surface area (TPSA) is 42.0 Å². The lowest BCUT2D eigenvalue weighted by atomic mass is 10.0. The molecule has 0 amide bonds. The minimum atomic E-state index is 0.0625. The normalized spacial score (nSPS) is 9.21. The summed E-state index contributed by atoms with van der Waals surface area (Å²) in [5.41, 5.74) is 4.59. The van der Waals surface area contributed by atoms with E-state index in [2.05, 4.69) is 105 Å². The summed E-state index contributed by atoms with van der Waals surface area (Å²) in [6, 6.07) is 3.61. The molecule has 1 N–H and O–H groups in total. The van der Waals surface area contributed by atoms with E-state index >= 15 is 0 Å². The molecule has 0 aliphatic rings. The number of ketones is 1. The highest BCUT2D eigenvalue weighted by molar-refractivity contribution is 5.93. The van der Waals surface area contributed by atoms with Crippen molar-refractivity contribution in [1.82, 2.24) is 10.3 Å². The molecule has 0 saturated heterocycles. The third-order valence-electron chi connectivity index (χ3n) is 6.41. The Labute approximate surface area is 271 Å². The monoisotopic (exact) mass is 599 g/mol. The summed E-state index contributed by atoms with van der Waals surface area (Å²) in [7, 11) is 0. The summed E-state index contributed by atoms with van der Waals surface area (Å²) in [5.74, 6) is 1.96. The first-order valence-electron chi connectivity index (χ1n) is 16.6. The summed E-state index contributed by atoms with van der Waals surface area (Å²) in [6.45, 7) is 40.5. The van der Waals surface area contributed by atoms with Crippen LogP contribution in [0.15, 0.2) is 79.3 Å². The number of Topliss-reactive ketones (excluding diaryl/α,β-unsaturated/α-hetero) is 1. The van der Waals surface area contributed by atoms with Crippen LogP contribution < -0.4 is 5.32 Å². The molecule has 0 aliphatic carbocycles. The number of allylic oxidation sites excluding steroid dienone is 4. The molecule has 43 heavy (non-hydrogen) atoms. The highest BCUT2D eigenvalue weighted by Crippen LogP contribution is 2.10. The zero-order chi connectivity index (χ0) is 34.6. The average molecular weight is 599 g/mol. The molecule has 0 bridgehead atoms. The van der Waals surface area contributed by atoms with E-state index in [1.807, 2.05) is 32.9 Å². The van der Waals surface area contributed by atoms with Crippen LogP contribution in [0.4, 0.5) is 0 Å². The third kappa shape index (κ3) is 46.5. The van der Waals surface area contributed by atoms with Crippen LogP contribution in [0.5, 0.6) is 0 Å². The van der Waals surface area contributed by atoms with Crippen LogP contribution in [0, 0.1) is 18.8 Å². The first kappa shape index (κ1) is 50.0. The molecule has 1 rings (SSSR count). The summed E-state index contributed by atoms with van der Waals surface area (Å²) in [5, 5.41) is 2.94. The zero-order valence-corrected chi connectivity index (χ0v) is 31.3. The van der Waals surface area contributed by atoms with E-state index in [4.69, 9.17) is 0 Å². The smallest absolute Gasteiger partial charge is 0.161 e. The molecule has 0 radical (unpaired) electrons. The molecule has 1 aromatic rings. The van der Waals surface area contributed by atoms with Crippen LogP contribution >= 0.6 is 0 Å². The molecule has 0 spiro atoms. The van der Waals surface area contributed by atoms with Gasteiger partial charge in [0.1, 0.15) is 0 Å². The summed E-state index contributed by atoms with van der Waals surface area (Å²) < 4.78 is 0. The second-order valence-corrected chi connectivity index (χ2v) is 11.1. The SMILES string of the molecule is C=CC(=C)C(=C)N/C=C\C.CC(=O)c1ccc(C)nc1.CC=C(C)C.CCC(C)CC.CCCC.CCCC(C)CCC. The lowest BCUT2D eigenvalue weighted by Crippen LogP contribution is -2.03. The maximum atomic E-state index is 10.7. The van der Waals surface area contributed by atoms with Gasteiger partial charge in [-0.2, -0.15) is 0 Å². The van der Waals surface area contributed by atoms with Crippen molar-refractivity contribution in [3.05, 3.63) is 90.6 Å². The quantitative estimate of drug-likeness (QED) is 0.148. The molecule has 0 aliphatic heterocycles. The van der Waals surface area contributed by atoms with Gasteiger partial charge in [0, 0.05) is 23.2 Å². The Bertz CT molecular complexity index is 815. The average Bonchev–Trinajstić information content (AvgIpc) is 3.00. The van der Waals surface area contributed by atoms with Gasteiger partial charge >= 0.3 is 0 Å². The van der Waals surface area contributed by atoms with E-state index in [1.54, 1.807) is 24.5 Å². The van der Waals surface area contributed by atoms with Crippen molar-refractivity contribution in [1.29, 1.82) is 0 Å². The molecule has 0 atom stereocenters. The number of carbonyl (C=O) groups excluding carboxylic acids is 1. The molecule has 0 unspecified atom stereocenters. The van der Waals surface area contributed by atoms with E-state index in [9.17, 15) is 4.79 Å². The number of unbranched alkanes of at least 4 members (excludes halogenated alkanes) is 1. The van der Waals surface area contributed by atoms with E-state index in [0.717, 1.165) is 28.8 Å². The molecule has 250 valence electrons. The number of nitrogens with one attached hydrogen (secondary N) is 1. The van der Waals surface area contributed by atoms with E-state index in [-0.39, 0.29) is 5.78 Å². The van der Waals surface area contributed by atoms with Crippen LogP contribution in [0.3, 0.4) is 0 Å². The fourth-order valence-corrected chi connectivity index (χ4v) is 2.49. The number of aryl methyl sites for hydroxylation is 1. The Kier molecular flexibility index (Phi) is 45.7. The molecule has 3 heteroatoms. The van der Waals surface area contributed by atoms with E-state index in [1.165, 1.54) is 63.9 Å². The van der Waals surface area contributed by atoms with E-state index in [0.29, 0.717) is 5.56 Å². The van der Waals surface area contributed by atoms with Crippen LogP contribution in [0.2, 0.25) is 0 Å². The van der Waals surface area contributed by atoms with Crippen LogP contribution in [-0.2, 0) is 0 Å². The van der Waals surface area contributed by atoms with Gasteiger partial charge in [0.15, 0.2) is 5.78 Å². The van der Waals surface area contributed by atoms with Gasteiger partial charge < -0.3 is 5.32 Å². The van der Waals surface area contributed by atoms with Gasteiger partial charge in [0.2, 0.25) is 0 Å². The Balaban J connectivity index is -0.000000138. The fraction of sp³-hybridized carbons (Fsp3) is 0.600. The minimum Gasteiger partial charge on any atom is -0.362 e. The van der Waals surface area contributed by atoms with Crippen molar-refractivity contribution in [2.45, 2.75) is 148 Å². The Morgan fingerprint density at radius 2 is 1.33 bits per heavy atom. The number of hydrogen-bond donors (Lipinski definition) is 1. The number of pyridine rings is 1. The molecule has 0 fully saturated rings. The van der Waals surface area contributed by atoms with Gasteiger partial charge in [-0.15, -0.1) is 0 Å². The van der Waals surface area contributed by atoms with Gasteiger partial charge in [0.05, 0.1) is 0 Å². The van der Waals surface area contributed by atoms with Crippen molar-refractivity contribution in [2.75, 3.05) is 0 Å². The Morgan fingerprint density at radius 1 is 0.860 bits per heavy atom. The molecule has 1 aromatic heterocycles. The van der Waals surface area contributed by atoms with Gasteiger partial charge in [-0.05, 0) is 77.3 Å². The number of nitrogens with zero attached hydrogens (tertiary/aromatic N) is 1. The summed E-state index contributed by atoms with van der Waals surface area (Å²) in [4.78, 5) is 14.7. The maximum absolute atomic E-state index is 10.7. The van der Waals surface area contributed by atoms with Gasteiger partial charge in [-0.1, -0.05) is 150 Å². The highest BCUT2D eigenvalue weighted by atomic mass is 16.1. The molecular weight excluding hydrogens is 524 g/mol. The Hall–Kier alpha value is -2.68. The minimum absolute atomic E-state index is 0.0625. The van der Waals surface area contributed by atoms with Crippen LogP contribution in [-0.4, -0.2) is 10.8 Å². The summed E-state index contributed by atoms with van der Waals surface area (Å²) in [6.07, 6.45) is 19.9. The van der Waals surface area contributed by atoms with Crippen molar-refractivity contribution < 1.29 is 4.79 Å².